The van der Waals surface area contributed by atoms with Crippen LogP contribution in [0.1, 0.15) is 39.1 Å². The molecular formula is C21H24F3N7. The molecule has 0 fully saturated rings. The molecule has 0 aromatic carbocycles. The monoisotopic (exact) mass is 431 g/mol. The number of halogens is 3. The summed E-state index contributed by atoms with van der Waals surface area (Å²) in [6, 6.07) is 9.63. The van der Waals surface area contributed by atoms with Crippen molar-refractivity contribution in [1.82, 2.24) is 25.5 Å². The minimum atomic E-state index is -3.07. The Bertz CT molecular complexity index is 1050. The van der Waals surface area contributed by atoms with Gasteiger partial charge in [0.1, 0.15) is 23.0 Å². The van der Waals surface area contributed by atoms with Gasteiger partial charge in [-0.1, -0.05) is 6.07 Å². The maximum atomic E-state index is 13.6. The minimum absolute atomic E-state index is 0.0517. The van der Waals surface area contributed by atoms with Crippen LogP contribution in [0.3, 0.4) is 0 Å². The zero-order chi connectivity index (χ0) is 22.6. The third-order valence-corrected chi connectivity index (χ3v) is 4.00. The molecule has 0 bridgehead atoms. The SMILES string of the molecule is CC(C)(C)Nc1cc(Nc2ccnc(C(C)(F)F)c2)nc(-c2cccc(CNF)n2)n1. The summed E-state index contributed by atoms with van der Waals surface area (Å²) in [5.41, 5.74) is 2.26. The molecule has 7 nitrogen and oxygen atoms in total. The molecule has 3 aromatic heterocycles. The highest BCUT2D eigenvalue weighted by molar-refractivity contribution is 5.64. The van der Waals surface area contributed by atoms with Gasteiger partial charge in [-0.15, -0.1) is 4.48 Å². The molecule has 0 amide bonds. The smallest absolute Gasteiger partial charge is 0.287 e. The summed E-state index contributed by atoms with van der Waals surface area (Å²) in [4.78, 5) is 17.1. The largest absolute Gasteiger partial charge is 0.365 e. The number of anilines is 3. The lowest BCUT2D eigenvalue weighted by Gasteiger charge is -2.22. The van der Waals surface area contributed by atoms with E-state index in [-0.39, 0.29) is 17.8 Å². The van der Waals surface area contributed by atoms with Crippen molar-refractivity contribution in [2.24, 2.45) is 0 Å². The summed E-state index contributed by atoms with van der Waals surface area (Å²) >= 11 is 0. The van der Waals surface area contributed by atoms with E-state index in [2.05, 4.69) is 30.6 Å². The first-order valence-corrected chi connectivity index (χ1v) is 9.62. The van der Waals surface area contributed by atoms with E-state index in [0.717, 1.165) is 6.92 Å². The van der Waals surface area contributed by atoms with Crippen molar-refractivity contribution < 1.29 is 13.3 Å². The molecule has 0 radical (unpaired) electrons. The van der Waals surface area contributed by atoms with Crippen LogP contribution in [0.5, 0.6) is 0 Å². The summed E-state index contributed by atoms with van der Waals surface area (Å²) in [6.45, 7) is 6.67. The quantitative estimate of drug-likeness (QED) is 0.455. The van der Waals surface area contributed by atoms with E-state index in [4.69, 9.17) is 0 Å². The molecule has 0 spiro atoms. The lowest BCUT2D eigenvalue weighted by Crippen LogP contribution is -2.27. The Morgan fingerprint density at radius 1 is 0.935 bits per heavy atom. The van der Waals surface area contributed by atoms with Gasteiger partial charge in [-0.05, 0) is 45.0 Å². The first kappa shape index (κ1) is 22.4. The van der Waals surface area contributed by atoms with Crippen LogP contribution in [0.15, 0.2) is 42.6 Å². The third kappa shape index (κ3) is 6.35. The average molecular weight is 431 g/mol. The van der Waals surface area contributed by atoms with Crippen molar-refractivity contribution in [2.45, 2.75) is 45.7 Å². The van der Waals surface area contributed by atoms with Crippen molar-refractivity contribution in [3.05, 3.63) is 54.0 Å². The molecule has 31 heavy (non-hydrogen) atoms. The molecule has 10 heteroatoms. The van der Waals surface area contributed by atoms with Crippen molar-refractivity contribution in [3.8, 4) is 11.5 Å². The van der Waals surface area contributed by atoms with E-state index in [1.807, 2.05) is 20.8 Å². The van der Waals surface area contributed by atoms with Crippen LogP contribution >= 0.6 is 0 Å². The van der Waals surface area contributed by atoms with E-state index >= 15 is 0 Å². The maximum absolute atomic E-state index is 13.6. The van der Waals surface area contributed by atoms with Gasteiger partial charge >= 0.3 is 0 Å². The van der Waals surface area contributed by atoms with Gasteiger partial charge in [-0.2, -0.15) is 14.3 Å². The first-order chi connectivity index (χ1) is 14.5. The molecule has 3 rings (SSSR count). The minimum Gasteiger partial charge on any atom is -0.365 e. The fraction of sp³-hybridized carbons (Fsp3) is 0.333. The fourth-order valence-electron chi connectivity index (χ4n) is 2.74. The van der Waals surface area contributed by atoms with Gasteiger partial charge in [0.15, 0.2) is 5.82 Å². The van der Waals surface area contributed by atoms with Crippen molar-refractivity contribution >= 4 is 17.3 Å². The Kier molecular flexibility index (Phi) is 6.40. The van der Waals surface area contributed by atoms with Crippen LogP contribution in [0.25, 0.3) is 11.5 Å². The lowest BCUT2D eigenvalue weighted by atomic mass is 10.1. The van der Waals surface area contributed by atoms with Gasteiger partial charge < -0.3 is 10.6 Å². The summed E-state index contributed by atoms with van der Waals surface area (Å²) in [7, 11) is 0. The molecule has 0 unspecified atom stereocenters. The van der Waals surface area contributed by atoms with E-state index in [9.17, 15) is 13.3 Å². The predicted octanol–water partition coefficient (Wildman–Crippen LogP) is 4.97. The van der Waals surface area contributed by atoms with Crippen LogP contribution in [-0.4, -0.2) is 25.5 Å². The van der Waals surface area contributed by atoms with Crippen LogP contribution < -0.4 is 16.2 Å². The van der Waals surface area contributed by atoms with Gasteiger partial charge in [0, 0.05) is 30.4 Å². The standard InChI is InChI=1S/C21H24F3N7/c1-20(2,3)31-18-11-17(28-13-8-9-25-16(10-13)21(4,22)23)29-19(30-18)15-7-5-6-14(27-15)12-26-24/h5-11,26H,12H2,1-4H3,(H2,25,28,29,30,31). The third-order valence-electron chi connectivity index (χ3n) is 4.00. The van der Waals surface area contributed by atoms with E-state index < -0.39 is 5.92 Å². The molecule has 164 valence electrons. The Morgan fingerprint density at radius 3 is 2.35 bits per heavy atom. The Balaban J connectivity index is 2.01. The number of hydrogen-bond donors (Lipinski definition) is 3. The number of nitrogens with zero attached hydrogens (tertiary/aromatic N) is 4. The molecule has 3 aromatic rings. The average Bonchev–Trinajstić information content (AvgIpc) is 2.66. The highest BCUT2D eigenvalue weighted by Gasteiger charge is 2.26. The summed E-state index contributed by atoms with van der Waals surface area (Å²) in [5, 5.41) is 6.30. The second-order valence-corrected chi connectivity index (χ2v) is 8.10. The predicted molar refractivity (Wildman–Crippen MR) is 114 cm³/mol. The van der Waals surface area contributed by atoms with Gasteiger partial charge in [0.05, 0.1) is 12.2 Å². The van der Waals surface area contributed by atoms with E-state index in [1.165, 1.54) is 12.3 Å². The molecule has 0 aliphatic carbocycles. The van der Waals surface area contributed by atoms with Gasteiger partial charge in [-0.25, -0.2) is 15.0 Å². The number of aromatic nitrogens is 4. The topological polar surface area (TPSA) is 87.7 Å². The lowest BCUT2D eigenvalue weighted by molar-refractivity contribution is 0.0128. The first-order valence-electron chi connectivity index (χ1n) is 9.62. The molecule has 0 saturated heterocycles. The van der Waals surface area contributed by atoms with Crippen molar-refractivity contribution in [1.29, 1.82) is 0 Å². The van der Waals surface area contributed by atoms with Crippen LogP contribution in [0.2, 0.25) is 0 Å². The zero-order valence-electron chi connectivity index (χ0n) is 17.7. The highest BCUT2D eigenvalue weighted by atomic mass is 19.3. The second kappa shape index (κ2) is 8.84. The molecule has 0 aliphatic heterocycles. The number of alkyl halides is 2. The summed E-state index contributed by atoms with van der Waals surface area (Å²) in [5.74, 6) is -1.87. The van der Waals surface area contributed by atoms with E-state index in [1.54, 1.807) is 35.9 Å². The molecular weight excluding hydrogens is 407 g/mol. The van der Waals surface area contributed by atoms with Crippen LogP contribution in [-0.2, 0) is 12.5 Å². The number of pyridine rings is 2. The maximum Gasteiger partial charge on any atom is 0.287 e. The van der Waals surface area contributed by atoms with E-state index in [0.29, 0.717) is 34.5 Å². The second-order valence-electron chi connectivity index (χ2n) is 8.10. The number of hydrogen-bond acceptors (Lipinski definition) is 7. The zero-order valence-corrected chi connectivity index (χ0v) is 17.7. The van der Waals surface area contributed by atoms with Gasteiger partial charge in [0.25, 0.3) is 5.92 Å². The molecule has 3 N–H and O–H groups in total. The fourth-order valence-corrected chi connectivity index (χ4v) is 2.74. The molecule has 0 atom stereocenters. The molecule has 0 aliphatic rings. The van der Waals surface area contributed by atoms with Gasteiger partial charge in [-0.3, -0.25) is 4.98 Å². The van der Waals surface area contributed by atoms with Crippen LogP contribution in [0.4, 0.5) is 30.6 Å². The highest BCUT2D eigenvalue weighted by Crippen LogP contribution is 2.28. The van der Waals surface area contributed by atoms with Crippen molar-refractivity contribution in [2.75, 3.05) is 10.6 Å². The Hall–Kier alpha value is -3.27. The molecule has 3 heterocycles. The molecule has 0 saturated carbocycles. The van der Waals surface area contributed by atoms with Gasteiger partial charge in [0.2, 0.25) is 0 Å². The number of rotatable bonds is 7. The van der Waals surface area contributed by atoms with Crippen molar-refractivity contribution in [3.63, 3.8) is 0 Å². The normalized spacial score (nSPS) is 12.0. The van der Waals surface area contributed by atoms with Crippen LogP contribution in [0, 0.1) is 0 Å². The summed E-state index contributed by atoms with van der Waals surface area (Å²) in [6.07, 6.45) is 1.31. The number of nitrogens with one attached hydrogen (secondary N) is 3. The summed E-state index contributed by atoms with van der Waals surface area (Å²) < 4.78 is 39.8. The Morgan fingerprint density at radius 2 is 1.68 bits per heavy atom. The Labute approximate surface area is 178 Å².